The molecule has 0 aromatic carbocycles. The van der Waals surface area contributed by atoms with Crippen molar-refractivity contribution in [3.8, 4) is 6.07 Å². The van der Waals surface area contributed by atoms with Crippen molar-refractivity contribution in [2.45, 2.75) is 20.0 Å². The van der Waals surface area contributed by atoms with E-state index >= 15 is 0 Å². The first-order valence-corrected chi connectivity index (χ1v) is 7.01. The molecule has 0 amide bonds. The molecule has 3 heterocycles. The third-order valence-electron chi connectivity index (χ3n) is 3.39. The van der Waals surface area contributed by atoms with Crippen molar-refractivity contribution in [3.63, 3.8) is 0 Å². The number of nitrogen functional groups attached to an aromatic ring is 1. The fourth-order valence-electron chi connectivity index (χ4n) is 2.37. The van der Waals surface area contributed by atoms with Gasteiger partial charge in [-0.15, -0.1) is 11.3 Å². The van der Waals surface area contributed by atoms with Gasteiger partial charge in [-0.05, 0) is 0 Å². The summed E-state index contributed by atoms with van der Waals surface area (Å²) in [5.74, 6) is 0.852. The van der Waals surface area contributed by atoms with Crippen LogP contribution >= 0.6 is 11.3 Å². The van der Waals surface area contributed by atoms with Crippen molar-refractivity contribution in [3.05, 3.63) is 28.7 Å². The molecule has 0 bridgehead atoms. The van der Waals surface area contributed by atoms with E-state index in [1.165, 1.54) is 18.3 Å². The zero-order valence-corrected chi connectivity index (χ0v) is 11.8. The summed E-state index contributed by atoms with van der Waals surface area (Å²) in [6.45, 7) is 3.68. The number of nitrogens with two attached hydrogens (primary N) is 1. The SMILES string of the molecule is CC(=O)c1sc(N2CCn3ccnc3C2)c(C#N)c1N. The first-order valence-electron chi connectivity index (χ1n) is 6.20. The van der Waals surface area contributed by atoms with E-state index < -0.39 is 0 Å². The molecule has 7 heteroatoms. The summed E-state index contributed by atoms with van der Waals surface area (Å²) in [6, 6.07) is 2.12. The number of nitrogens with zero attached hydrogens (tertiary/aromatic N) is 4. The van der Waals surface area contributed by atoms with Crippen molar-refractivity contribution in [1.29, 1.82) is 5.26 Å². The predicted octanol–water partition coefficient (Wildman–Crippen LogP) is 1.62. The van der Waals surface area contributed by atoms with Crippen LogP contribution in [0.5, 0.6) is 0 Å². The monoisotopic (exact) mass is 287 g/mol. The average molecular weight is 287 g/mol. The van der Waals surface area contributed by atoms with Gasteiger partial charge in [0.2, 0.25) is 0 Å². The van der Waals surface area contributed by atoms with Crippen molar-refractivity contribution in [2.24, 2.45) is 0 Å². The standard InChI is InChI=1S/C13H13N5OS/c1-8(19)12-11(15)9(6-14)13(20-12)18-5-4-17-3-2-16-10(17)7-18/h2-3H,4-5,7,15H2,1H3. The van der Waals surface area contributed by atoms with E-state index in [0.717, 1.165) is 23.9 Å². The third-order valence-corrected chi connectivity index (χ3v) is 4.76. The Morgan fingerprint density at radius 1 is 1.55 bits per heavy atom. The Labute approximate surface area is 120 Å². The molecular weight excluding hydrogens is 274 g/mol. The summed E-state index contributed by atoms with van der Waals surface area (Å²) < 4.78 is 2.09. The van der Waals surface area contributed by atoms with E-state index in [2.05, 4.69) is 20.5 Å². The van der Waals surface area contributed by atoms with Crippen LogP contribution in [0.3, 0.4) is 0 Å². The molecule has 0 radical (unpaired) electrons. The fourth-order valence-corrected chi connectivity index (χ4v) is 3.46. The number of carbonyl (C=O) groups excluding carboxylic acids is 1. The van der Waals surface area contributed by atoms with Crippen LogP contribution in [0.2, 0.25) is 0 Å². The maximum Gasteiger partial charge on any atom is 0.171 e. The van der Waals surface area contributed by atoms with Gasteiger partial charge in [-0.25, -0.2) is 4.98 Å². The van der Waals surface area contributed by atoms with Gasteiger partial charge in [-0.3, -0.25) is 4.79 Å². The van der Waals surface area contributed by atoms with Gasteiger partial charge in [0, 0.05) is 32.4 Å². The maximum atomic E-state index is 11.6. The number of hydrogen-bond acceptors (Lipinski definition) is 6. The molecule has 0 spiro atoms. The Balaban J connectivity index is 2.02. The summed E-state index contributed by atoms with van der Waals surface area (Å²) in [6.07, 6.45) is 3.72. The summed E-state index contributed by atoms with van der Waals surface area (Å²) in [4.78, 5) is 18.4. The number of hydrogen-bond donors (Lipinski definition) is 1. The molecule has 102 valence electrons. The average Bonchev–Trinajstić information content (AvgIpc) is 3.01. The van der Waals surface area contributed by atoms with Crippen molar-refractivity contribution >= 4 is 27.8 Å². The minimum absolute atomic E-state index is 0.103. The number of fused-ring (bicyclic) bond motifs is 1. The molecule has 0 fully saturated rings. The highest BCUT2D eigenvalue weighted by Crippen LogP contribution is 2.39. The highest BCUT2D eigenvalue weighted by atomic mass is 32.1. The smallest absolute Gasteiger partial charge is 0.171 e. The van der Waals surface area contributed by atoms with E-state index in [0.29, 0.717) is 22.7 Å². The number of imidazole rings is 1. The number of thiophene rings is 1. The van der Waals surface area contributed by atoms with Crippen LogP contribution in [-0.4, -0.2) is 21.9 Å². The van der Waals surface area contributed by atoms with Gasteiger partial charge < -0.3 is 15.2 Å². The van der Waals surface area contributed by atoms with E-state index in [9.17, 15) is 10.1 Å². The van der Waals surface area contributed by atoms with Crippen LogP contribution in [0.1, 0.15) is 28.0 Å². The number of aromatic nitrogens is 2. The Bertz CT molecular complexity index is 724. The Kier molecular flexibility index (Phi) is 2.95. The number of ketones is 1. The Hall–Kier alpha value is -2.33. The molecule has 20 heavy (non-hydrogen) atoms. The van der Waals surface area contributed by atoms with Crippen LogP contribution in [0.4, 0.5) is 10.7 Å². The first kappa shape index (κ1) is 12.7. The minimum Gasteiger partial charge on any atom is -0.396 e. The Morgan fingerprint density at radius 2 is 2.35 bits per heavy atom. The van der Waals surface area contributed by atoms with E-state index in [1.54, 1.807) is 6.20 Å². The van der Waals surface area contributed by atoms with Gasteiger partial charge in [0.1, 0.15) is 22.5 Å². The highest BCUT2D eigenvalue weighted by Gasteiger charge is 2.25. The van der Waals surface area contributed by atoms with Crippen molar-refractivity contribution in [1.82, 2.24) is 9.55 Å². The van der Waals surface area contributed by atoms with Crippen LogP contribution in [-0.2, 0) is 13.1 Å². The molecule has 3 rings (SSSR count). The van der Waals surface area contributed by atoms with E-state index in [1.807, 2.05) is 6.20 Å². The van der Waals surface area contributed by atoms with Crippen LogP contribution < -0.4 is 10.6 Å². The van der Waals surface area contributed by atoms with Gasteiger partial charge in [-0.1, -0.05) is 0 Å². The molecule has 2 aromatic heterocycles. The fraction of sp³-hybridized carbons (Fsp3) is 0.308. The van der Waals surface area contributed by atoms with Crippen LogP contribution in [0, 0.1) is 11.3 Å². The number of rotatable bonds is 2. The topological polar surface area (TPSA) is 87.9 Å². The first-order chi connectivity index (χ1) is 9.61. The zero-order chi connectivity index (χ0) is 14.3. The second kappa shape index (κ2) is 4.65. The lowest BCUT2D eigenvalue weighted by Crippen LogP contribution is -2.33. The van der Waals surface area contributed by atoms with Gasteiger partial charge >= 0.3 is 0 Å². The van der Waals surface area contributed by atoms with Gasteiger partial charge in [-0.2, -0.15) is 5.26 Å². The second-order valence-corrected chi connectivity index (χ2v) is 5.65. The normalized spacial score (nSPS) is 13.9. The van der Waals surface area contributed by atoms with E-state index in [-0.39, 0.29) is 5.78 Å². The molecule has 2 N–H and O–H groups in total. The molecular formula is C13H13N5OS. The summed E-state index contributed by atoms with van der Waals surface area (Å²) >= 11 is 1.29. The third kappa shape index (κ3) is 1.85. The molecule has 6 nitrogen and oxygen atoms in total. The van der Waals surface area contributed by atoms with Crippen molar-refractivity contribution < 1.29 is 4.79 Å². The zero-order valence-electron chi connectivity index (χ0n) is 11.0. The molecule has 0 unspecified atom stereocenters. The molecule has 0 saturated carbocycles. The second-order valence-electron chi connectivity index (χ2n) is 4.65. The lowest BCUT2D eigenvalue weighted by Gasteiger charge is -2.28. The lowest BCUT2D eigenvalue weighted by atomic mass is 10.2. The van der Waals surface area contributed by atoms with Crippen molar-refractivity contribution in [2.75, 3.05) is 17.2 Å². The predicted molar refractivity (Wildman–Crippen MR) is 76.7 cm³/mol. The number of carbonyl (C=O) groups is 1. The molecule has 1 aliphatic heterocycles. The molecule has 1 aliphatic rings. The number of nitriles is 1. The lowest BCUT2D eigenvalue weighted by molar-refractivity contribution is 0.102. The number of Topliss-reactive ketones (excluding diaryl/α,β-unsaturated/α-hetero) is 1. The molecule has 0 atom stereocenters. The largest absolute Gasteiger partial charge is 0.396 e. The minimum atomic E-state index is -0.103. The van der Waals surface area contributed by atoms with E-state index in [4.69, 9.17) is 5.73 Å². The van der Waals surface area contributed by atoms with Gasteiger partial charge in [0.05, 0.1) is 17.1 Å². The quantitative estimate of drug-likeness (QED) is 0.848. The molecule has 2 aromatic rings. The number of anilines is 2. The molecule has 0 saturated heterocycles. The summed E-state index contributed by atoms with van der Waals surface area (Å²) in [5.41, 5.74) is 6.62. The Morgan fingerprint density at radius 3 is 3.05 bits per heavy atom. The highest BCUT2D eigenvalue weighted by molar-refractivity contribution is 7.19. The van der Waals surface area contributed by atoms with Crippen LogP contribution in [0.25, 0.3) is 0 Å². The maximum absolute atomic E-state index is 11.6. The summed E-state index contributed by atoms with van der Waals surface area (Å²) in [5, 5.41) is 10.1. The van der Waals surface area contributed by atoms with Gasteiger partial charge in [0.25, 0.3) is 0 Å². The molecule has 0 aliphatic carbocycles. The summed E-state index contributed by atoms with van der Waals surface area (Å²) in [7, 11) is 0. The van der Waals surface area contributed by atoms with Crippen LogP contribution in [0.15, 0.2) is 12.4 Å². The van der Waals surface area contributed by atoms with Gasteiger partial charge in [0.15, 0.2) is 5.78 Å².